The van der Waals surface area contributed by atoms with Crippen molar-refractivity contribution < 1.29 is 18.7 Å². The second-order valence-electron chi connectivity index (χ2n) is 8.22. The molecule has 2 heterocycles. The van der Waals surface area contributed by atoms with E-state index in [0.717, 1.165) is 17.5 Å². The number of rotatable bonds is 5. The molecule has 0 fully saturated rings. The molecule has 166 valence electrons. The van der Waals surface area contributed by atoms with Crippen molar-refractivity contribution in [2.24, 2.45) is 0 Å². The van der Waals surface area contributed by atoms with Crippen molar-refractivity contribution in [2.45, 2.75) is 19.5 Å². The molecule has 33 heavy (non-hydrogen) atoms. The Morgan fingerprint density at radius 2 is 1.58 bits per heavy atom. The molecule has 0 saturated heterocycles. The lowest BCUT2D eigenvalue weighted by Gasteiger charge is -2.31. The summed E-state index contributed by atoms with van der Waals surface area (Å²) in [6.07, 6.45) is 0.788. The van der Waals surface area contributed by atoms with Crippen molar-refractivity contribution in [1.82, 2.24) is 9.80 Å². The van der Waals surface area contributed by atoms with Crippen LogP contribution in [-0.4, -0.2) is 35.3 Å². The van der Waals surface area contributed by atoms with Gasteiger partial charge in [-0.1, -0.05) is 48.5 Å². The van der Waals surface area contributed by atoms with Gasteiger partial charge in [-0.2, -0.15) is 0 Å². The number of fused-ring (bicyclic) bond motifs is 1. The second-order valence-corrected chi connectivity index (χ2v) is 8.22. The quantitative estimate of drug-likeness (QED) is 0.557. The fourth-order valence-corrected chi connectivity index (χ4v) is 4.48. The first kappa shape index (κ1) is 20.9. The van der Waals surface area contributed by atoms with Gasteiger partial charge in [0.2, 0.25) is 0 Å². The standard InChI is InChI=1S/C27H23FN2O3/c1-33-23-12-6-18(7-13-23)16-30-26(31)24(20-8-10-22(28)11-9-20)25(27(30)32)29-15-14-19-4-2-3-5-21(19)17-29/h2-13H,14-17H2,1H3. The number of amides is 2. The second kappa shape index (κ2) is 8.54. The third-order valence-corrected chi connectivity index (χ3v) is 6.22. The van der Waals surface area contributed by atoms with E-state index in [0.29, 0.717) is 35.7 Å². The van der Waals surface area contributed by atoms with Crippen LogP contribution in [0.3, 0.4) is 0 Å². The van der Waals surface area contributed by atoms with Gasteiger partial charge in [0.1, 0.15) is 17.3 Å². The SMILES string of the molecule is COc1ccc(CN2C(=O)C(c3ccc(F)cc3)=C(N3CCc4ccccc4C3)C2=O)cc1. The Kier molecular flexibility index (Phi) is 5.42. The van der Waals surface area contributed by atoms with Crippen LogP contribution >= 0.6 is 0 Å². The molecule has 0 aliphatic carbocycles. The molecule has 2 amide bonds. The molecule has 0 saturated carbocycles. The third kappa shape index (κ3) is 3.89. The molecule has 0 N–H and O–H groups in total. The molecule has 0 radical (unpaired) electrons. The molecule has 2 aliphatic heterocycles. The van der Waals surface area contributed by atoms with Crippen LogP contribution in [0.5, 0.6) is 5.75 Å². The van der Waals surface area contributed by atoms with Crippen molar-refractivity contribution in [3.63, 3.8) is 0 Å². The lowest BCUT2D eigenvalue weighted by atomic mass is 9.98. The Morgan fingerprint density at radius 1 is 0.879 bits per heavy atom. The Labute approximate surface area is 191 Å². The summed E-state index contributed by atoms with van der Waals surface area (Å²) in [5.41, 5.74) is 4.47. The Bertz CT molecular complexity index is 1250. The fraction of sp³-hybridized carbons (Fsp3) is 0.185. The van der Waals surface area contributed by atoms with Crippen molar-refractivity contribution in [3.05, 3.63) is 107 Å². The topological polar surface area (TPSA) is 49.9 Å². The van der Waals surface area contributed by atoms with Gasteiger partial charge in [-0.05, 0) is 52.9 Å². The predicted molar refractivity (Wildman–Crippen MR) is 122 cm³/mol. The first-order chi connectivity index (χ1) is 16.0. The van der Waals surface area contributed by atoms with Gasteiger partial charge in [-0.3, -0.25) is 14.5 Å². The zero-order valence-corrected chi connectivity index (χ0v) is 18.3. The lowest BCUT2D eigenvalue weighted by molar-refractivity contribution is -0.138. The molecule has 3 aromatic carbocycles. The minimum absolute atomic E-state index is 0.153. The molecule has 6 heteroatoms. The molecule has 0 bridgehead atoms. The van der Waals surface area contributed by atoms with E-state index in [4.69, 9.17) is 4.74 Å². The molecule has 5 rings (SSSR count). The van der Waals surface area contributed by atoms with Crippen LogP contribution in [0.15, 0.2) is 78.5 Å². The first-order valence-electron chi connectivity index (χ1n) is 10.9. The van der Waals surface area contributed by atoms with Crippen LogP contribution in [-0.2, 0) is 29.1 Å². The van der Waals surface area contributed by atoms with E-state index in [9.17, 15) is 14.0 Å². The molecule has 0 aromatic heterocycles. The molecule has 0 spiro atoms. The van der Waals surface area contributed by atoms with Gasteiger partial charge < -0.3 is 9.64 Å². The Hall–Kier alpha value is -3.93. The summed E-state index contributed by atoms with van der Waals surface area (Å²) in [7, 11) is 1.59. The van der Waals surface area contributed by atoms with Crippen molar-refractivity contribution in [1.29, 1.82) is 0 Å². The summed E-state index contributed by atoms with van der Waals surface area (Å²) in [4.78, 5) is 30.4. The number of methoxy groups -OCH3 is 1. The number of nitrogens with zero attached hydrogens (tertiary/aromatic N) is 2. The molecular weight excluding hydrogens is 419 g/mol. The minimum atomic E-state index is -0.389. The summed E-state index contributed by atoms with van der Waals surface area (Å²) in [6.45, 7) is 1.33. The van der Waals surface area contributed by atoms with E-state index in [1.807, 2.05) is 29.2 Å². The van der Waals surface area contributed by atoms with Gasteiger partial charge in [0, 0.05) is 13.1 Å². The molecule has 0 atom stereocenters. The zero-order valence-electron chi connectivity index (χ0n) is 18.3. The van der Waals surface area contributed by atoms with Crippen LogP contribution < -0.4 is 4.74 Å². The number of halogens is 1. The van der Waals surface area contributed by atoms with Crippen molar-refractivity contribution >= 4 is 17.4 Å². The van der Waals surface area contributed by atoms with Gasteiger partial charge in [0.15, 0.2) is 0 Å². The van der Waals surface area contributed by atoms with Gasteiger partial charge in [0.25, 0.3) is 11.8 Å². The summed E-state index contributed by atoms with van der Waals surface area (Å²) in [5, 5.41) is 0. The molecule has 5 nitrogen and oxygen atoms in total. The summed E-state index contributed by atoms with van der Waals surface area (Å²) in [5.74, 6) is -0.374. The van der Waals surface area contributed by atoms with E-state index in [1.165, 1.54) is 22.6 Å². The maximum Gasteiger partial charge on any atom is 0.278 e. The first-order valence-corrected chi connectivity index (χ1v) is 10.9. The smallest absolute Gasteiger partial charge is 0.278 e. The fourth-order valence-electron chi connectivity index (χ4n) is 4.48. The number of hydrogen-bond acceptors (Lipinski definition) is 4. The number of carbonyl (C=O) groups excluding carboxylic acids is 2. The van der Waals surface area contributed by atoms with Gasteiger partial charge in [-0.25, -0.2) is 4.39 Å². The molecule has 3 aromatic rings. The highest BCUT2D eigenvalue weighted by Crippen LogP contribution is 2.35. The Balaban J connectivity index is 1.52. The summed E-state index contributed by atoms with van der Waals surface area (Å²) in [6, 6.07) is 21.2. The van der Waals surface area contributed by atoms with Crippen LogP contribution in [0, 0.1) is 5.82 Å². The van der Waals surface area contributed by atoms with Crippen LogP contribution in [0.25, 0.3) is 5.57 Å². The van der Waals surface area contributed by atoms with E-state index in [1.54, 1.807) is 31.4 Å². The highest BCUT2D eigenvalue weighted by Gasteiger charge is 2.42. The number of ether oxygens (including phenoxy) is 1. The van der Waals surface area contributed by atoms with Crippen molar-refractivity contribution in [3.8, 4) is 5.75 Å². The predicted octanol–water partition coefficient (Wildman–Crippen LogP) is 4.17. The zero-order chi connectivity index (χ0) is 22.9. The third-order valence-electron chi connectivity index (χ3n) is 6.22. The van der Waals surface area contributed by atoms with E-state index < -0.39 is 0 Å². The van der Waals surface area contributed by atoms with E-state index >= 15 is 0 Å². The average molecular weight is 442 g/mol. The normalized spacial score (nSPS) is 15.8. The van der Waals surface area contributed by atoms with Gasteiger partial charge in [-0.15, -0.1) is 0 Å². The lowest BCUT2D eigenvalue weighted by Crippen LogP contribution is -2.37. The number of benzene rings is 3. The van der Waals surface area contributed by atoms with E-state index in [2.05, 4.69) is 12.1 Å². The van der Waals surface area contributed by atoms with Crippen LogP contribution in [0.2, 0.25) is 0 Å². The monoisotopic (exact) mass is 442 g/mol. The van der Waals surface area contributed by atoms with E-state index in [-0.39, 0.29) is 24.2 Å². The van der Waals surface area contributed by atoms with Gasteiger partial charge in [0.05, 0.1) is 19.2 Å². The summed E-state index contributed by atoms with van der Waals surface area (Å²) < 4.78 is 18.8. The van der Waals surface area contributed by atoms with Crippen LogP contribution in [0.1, 0.15) is 22.3 Å². The number of carbonyl (C=O) groups is 2. The minimum Gasteiger partial charge on any atom is -0.497 e. The number of hydrogen-bond donors (Lipinski definition) is 0. The van der Waals surface area contributed by atoms with Crippen molar-refractivity contribution in [2.75, 3.05) is 13.7 Å². The molecule has 2 aliphatic rings. The molecular formula is C27H23FN2O3. The highest BCUT2D eigenvalue weighted by atomic mass is 19.1. The maximum atomic E-state index is 13.6. The Morgan fingerprint density at radius 3 is 2.27 bits per heavy atom. The maximum absolute atomic E-state index is 13.6. The highest BCUT2D eigenvalue weighted by molar-refractivity contribution is 6.35. The van der Waals surface area contributed by atoms with Gasteiger partial charge >= 0.3 is 0 Å². The average Bonchev–Trinajstić information content (AvgIpc) is 3.09. The van der Waals surface area contributed by atoms with Crippen LogP contribution in [0.4, 0.5) is 4.39 Å². The summed E-state index contributed by atoms with van der Waals surface area (Å²) >= 11 is 0. The number of imide groups is 1. The largest absolute Gasteiger partial charge is 0.497 e. The molecule has 0 unspecified atom stereocenters.